The van der Waals surface area contributed by atoms with Crippen LogP contribution in [-0.4, -0.2) is 24.1 Å². The lowest BCUT2D eigenvalue weighted by molar-refractivity contribution is 0.101. The zero-order chi connectivity index (χ0) is 12.5. The summed E-state index contributed by atoms with van der Waals surface area (Å²) in [6.45, 7) is 2.51. The van der Waals surface area contributed by atoms with Crippen LogP contribution in [0, 0.1) is 0 Å². The number of aliphatic hydroxyl groups excluding tert-OH is 1. The molecule has 1 N–H and O–H groups in total. The minimum absolute atomic E-state index is 0.0700. The highest BCUT2D eigenvalue weighted by molar-refractivity contribution is 5.94. The fourth-order valence-corrected chi connectivity index (χ4v) is 1.54. The van der Waals surface area contributed by atoms with Crippen LogP contribution in [0.3, 0.4) is 0 Å². The van der Waals surface area contributed by atoms with E-state index in [1.54, 1.807) is 19.1 Å². The maximum absolute atomic E-state index is 11.1. The van der Waals surface area contributed by atoms with Gasteiger partial charge in [-0.3, -0.25) is 4.79 Å². The third-order valence-corrected chi connectivity index (χ3v) is 2.58. The zero-order valence-electron chi connectivity index (χ0n) is 10.3. The highest BCUT2D eigenvalue weighted by Crippen LogP contribution is 2.13. The number of Topliss-reactive ketones (excluding diaryl/α,β-unsaturated/α-hetero) is 1. The van der Waals surface area contributed by atoms with Gasteiger partial charge in [0, 0.05) is 12.2 Å². The topological polar surface area (TPSA) is 46.5 Å². The Morgan fingerprint density at radius 3 is 2.35 bits per heavy atom. The van der Waals surface area contributed by atoms with Crippen LogP contribution in [0.1, 0.15) is 43.0 Å². The number of unbranched alkanes of at least 4 members (excludes halogenated alkanes) is 3. The number of benzene rings is 1. The molecule has 0 aromatic heterocycles. The van der Waals surface area contributed by atoms with Crippen LogP contribution in [0.15, 0.2) is 24.3 Å². The fraction of sp³-hybridized carbons (Fsp3) is 0.500. The highest BCUT2D eigenvalue weighted by atomic mass is 16.5. The van der Waals surface area contributed by atoms with E-state index >= 15 is 0 Å². The van der Waals surface area contributed by atoms with Gasteiger partial charge in [0.15, 0.2) is 5.78 Å². The molecule has 1 aromatic rings. The van der Waals surface area contributed by atoms with Crippen molar-refractivity contribution in [3.05, 3.63) is 29.8 Å². The maximum Gasteiger partial charge on any atom is 0.159 e. The van der Waals surface area contributed by atoms with Gasteiger partial charge in [-0.2, -0.15) is 0 Å². The van der Waals surface area contributed by atoms with Gasteiger partial charge < -0.3 is 9.84 Å². The van der Waals surface area contributed by atoms with Crippen LogP contribution in [-0.2, 0) is 0 Å². The molecule has 0 bridgehead atoms. The Morgan fingerprint density at radius 1 is 1.12 bits per heavy atom. The van der Waals surface area contributed by atoms with Crippen molar-refractivity contribution in [3.8, 4) is 5.75 Å². The number of hydrogen-bond donors (Lipinski definition) is 1. The lowest BCUT2D eigenvalue weighted by Crippen LogP contribution is -1.98. The molecule has 0 saturated carbocycles. The summed E-state index contributed by atoms with van der Waals surface area (Å²) in [5.74, 6) is 0.873. The fourth-order valence-electron chi connectivity index (χ4n) is 1.54. The number of aliphatic hydroxyl groups is 1. The molecule has 0 amide bonds. The second kappa shape index (κ2) is 7.85. The quantitative estimate of drug-likeness (QED) is 0.557. The van der Waals surface area contributed by atoms with Gasteiger partial charge in [0.05, 0.1) is 6.61 Å². The van der Waals surface area contributed by atoms with E-state index in [1.165, 1.54) is 0 Å². The van der Waals surface area contributed by atoms with Crippen molar-refractivity contribution in [2.45, 2.75) is 32.6 Å². The number of ether oxygens (including phenoxy) is 1. The molecule has 0 unspecified atom stereocenters. The number of carbonyl (C=O) groups excluding carboxylic acids is 1. The molecule has 0 fully saturated rings. The maximum atomic E-state index is 11.1. The Bertz CT molecular complexity index is 330. The normalized spacial score (nSPS) is 10.2. The van der Waals surface area contributed by atoms with Crippen LogP contribution in [0.2, 0.25) is 0 Å². The van der Waals surface area contributed by atoms with Crippen molar-refractivity contribution in [2.24, 2.45) is 0 Å². The van der Waals surface area contributed by atoms with E-state index in [1.807, 2.05) is 12.1 Å². The first-order chi connectivity index (χ1) is 8.24. The summed E-state index contributed by atoms with van der Waals surface area (Å²) in [7, 11) is 0. The summed E-state index contributed by atoms with van der Waals surface area (Å²) in [4.78, 5) is 11.1. The molecule has 0 aliphatic rings. The summed E-state index contributed by atoms with van der Waals surface area (Å²) in [5.41, 5.74) is 0.709. The molecular formula is C14H20O3. The lowest BCUT2D eigenvalue weighted by Gasteiger charge is -2.06. The van der Waals surface area contributed by atoms with Crippen LogP contribution in [0.5, 0.6) is 5.75 Å². The van der Waals surface area contributed by atoms with E-state index in [9.17, 15) is 4.79 Å². The van der Waals surface area contributed by atoms with Crippen LogP contribution in [0.25, 0.3) is 0 Å². The Labute approximate surface area is 102 Å². The second-order valence-corrected chi connectivity index (χ2v) is 4.07. The largest absolute Gasteiger partial charge is 0.494 e. The average molecular weight is 236 g/mol. The van der Waals surface area contributed by atoms with E-state index in [-0.39, 0.29) is 12.4 Å². The van der Waals surface area contributed by atoms with Crippen LogP contribution in [0.4, 0.5) is 0 Å². The van der Waals surface area contributed by atoms with Gasteiger partial charge in [0.2, 0.25) is 0 Å². The molecule has 0 aliphatic carbocycles. The lowest BCUT2D eigenvalue weighted by atomic mass is 10.1. The number of carbonyl (C=O) groups is 1. The summed E-state index contributed by atoms with van der Waals surface area (Å²) in [6, 6.07) is 7.21. The standard InChI is InChI=1S/C14H20O3/c1-12(16)13-6-8-14(9-7-13)17-11-5-3-2-4-10-15/h6-9,15H,2-5,10-11H2,1H3. The van der Waals surface area contributed by atoms with Gasteiger partial charge in [-0.1, -0.05) is 6.42 Å². The minimum atomic E-state index is 0.0700. The Hall–Kier alpha value is -1.35. The van der Waals surface area contributed by atoms with Gasteiger partial charge in [-0.15, -0.1) is 0 Å². The summed E-state index contributed by atoms with van der Waals surface area (Å²) < 4.78 is 5.55. The van der Waals surface area contributed by atoms with E-state index < -0.39 is 0 Å². The van der Waals surface area contributed by atoms with E-state index in [2.05, 4.69) is 0 Å². The Balaban J connectivity index is 2.21. The number of rotatable bonds is 8. The molecular weight excluding hydrogens is 216 g/mol. The second-order valence-electron chi connectivity index (χ2n) is 4.07. The molecule has 0 saturated heterocycles. The molecule has 0 atom stereocenters. The summed E-state index contributed by atoms with van der Waals surface area (Å²) in [6.07, 6.45) is 3.98. The first kappa shape index (κ1) is 13.7. The molecule has 1 rings (SSSR count). The minimum Gasteiger partial charge on any atom is -0.494 e. The Morgan fingerprint density at radius 2 is 1.76 bits per heavy atom. The van der Waals surface area contributed by atoms with Crippen LogP contribution >= 0.6 is 0 Å². The van der Waals surface area contributed by atoms with Crippen molar-refractivity contribution in [1.29, 1.82) is 0 Å². The van der Waals surface area contributed by atoms with Crippen molar-refractivity contribution in [2.75, 3.05) is 13.2 Å². The molecule has 0 aliphatic heterocycles. The molecule has 3 nitrogen and oxygen atoms in total. The molecule has 3 heteroatoms. The number of hydrogen-bond acceptors (Lipinski definition) is 3. The molecule has 0 heterocycles. The predicted octanol–water partition coefficient (Wildman–Crippen LogP) is 2.82. The summed E-state index contributed by atoms with van der Waals surface area (Å²) >= 11 is 0. The summed E-state index contributed by atoms with van der Waals surface area (Å²) in [5, 5.41) is 8.61. The smallest absolute Gasteiger partial charge is 0.159 e. The van der Waals surface area contributed by atoms with Crippen LogP contribution < -0.4 is 4.74 Å². The average Bonchev–Trinajstić information content (AvgIpc) is 2.34. The SMILES string of the molecule is CC(=O)c1ccc(OCCCCCCO)cc1. The first-order valence-corrected chi connectivity index (χ1v) is 6.08. The third kappa shape index (κ3) is 5.50. The van der Waals surface area contributed by atoms with Gasteiger partial charge in [0.25, 0.3) is 0 Å². The zero-order valence-corrected chi connectivity index (χ0v) is 10.3. The van der Waals surface area contributed by atoms with Gasteiger partial charge in [-0.25, -0.2) is 0 Å². The van der Waals surface area contributed by atoms with E-state index in [4.69, 9.17) is 9.84 Å². The Kier molecular flexibility index (Phi) is 6.33. The van der Waals surface area contributed by atoms with Crippen molar-refractivity contribution in [1.82, 2.24) is 0 Å². The van der Waals surface area contributed by atoms with E-state index in [0.717, 1.165) is 31.4 Å². The van der Waals surface area contributed by atoms with Gasteiger partial charge >= 0.3 is 0 Å². The molecule has 17 heavy (non-hydrogen) atoms. The molecule has 94 valence electrons. The predicted molar refractivity (Wildman–Crippen MR) is 67.5 cm³/mol. The molecule has 1 aromatic carbocycles. The first-order valence-electron chi connectivity index (χ1n) is 6.08. The number of ketones is 1. The van der Waals surface area contributed by atoms with E-state index in [0.29, 0.717) is 12.2 Å². The van der Waals surface area contributed by atoms with Crippen molar-refractivity contribution in [3.63, 3.8) is 0 Å². The van der Waals surface area contributed by atoms with Crippen molar-refractivity contribution < 1.29 is 14.6 Å². The van der Waals surface area contributed by atoms with Crippen molar-refractivity contribution >= 4 is 5.78 Å². The monoisotopic (exact) mass is 236 g/mol. The van der Waals surface area contributed by atoms with Gasteiger partial charge in [-0.05, 0) is 50.5 Å². The van der Waals surface area contributed by atoms with Gasteiger partial charge in [0.1, 0.15) is 5.75 Å². The molecule has 0 spiro atoms. The third-order valence-electron chi connectivity index (χ3n) is 2.58. The highest BCUT2D eigenvalue weighted by Gasteiger charge is 1.99. The molecule has 0 radical (unpaired) electrons.